The van der Waals surface area contributed by atoms with E-state index in [4.69, 9.17) is 0 Å². The van der Waals surface area contributed by atoms with Gasteiger partial charge in [-0.25, -0.2) is 4.98 Å². The Labute approximate surface area is 116 Å². The van der Waals surface area contributed by atoms with E-state index in [1.54, 1.807) is 0 Å². The van der Waals surface area contributed by atoms with Crippen LogP contribution in [0.5, 0.6) is 0 Å². The minimum atomic E-state index is 0.0583. The first kappa shape index (κ1) is 11.2. The highest BCUT2D eigenvalue weighted by atomic mass is 16.1. The summed E-state index contributed by atoms with van der Waals surface area (Å²) < 4.78 is 2.03. The quantitative estimate of drug-likeness (QED) is 0.733. The number of nitrogens with zero attached hydrogens (tertiary/aromatic N) is 2. The van der Waals surface area contributed by atoms with Gasteiger partial charge in [-0.05, 0) is 36.2 Å². The largest absolute Gasteiger partial charge is 0.326 e. The predicted octanol–water partition coefficient (Wildman–Crippen LogP) is 2.80. The van der Waals surface area contributed by atoms with Crippen LogP contribution in [0.4, 0.5) is 5.69 Å². The highest BCUT2D eigenvalue weighted by Crippen LogP contribution is 2.29. The van der Waals surface area contributed by atoms with Gasteiger partial charge < -0.3 is 9.72 Å². The number of aromatic nitrogens is 2. The number of anilines is 1. The Morgan fingerprint density at radius 1 is 1.30 bits per heavy atom. The number of carbonyl (C=O) groups excluding carboxylic acids is 1. The molecule has 4 rings (SSSR count). The number of imidazole rings is 1. The maximum Gasteiger partial charge on any atom is 0.228 e. The number of fused-ring (bicyclic) bond motifs is 2. The maximum absolute atomic E-state index is 11.4. The molecule has 2 aromatic heterocycles. The Morgan fingerprint density at radius 3 is 3.05 bits per heavy atom. The van der Waals surface area contributed by atoms with Gasteiger partial charge in [0.05, 0.1) is 12.1 Å². The van der Waals surface area contributed by atoms with E-state index in [-0.39, 0.29) is 5.91 Å². The standard InChI is InChI=1S/C16H13N3O/c1-10-3-2-6-19-9-14(18-16(10)19)11-4-5-13-12(7-11)8-15(20)17-13/h2-7,9H,8H2,1H3,(H,17,20). The number of aryl methyl sites for hydroxylation is 1. The molecule has 0 bridgehead atoms. The number of hydrogen-bond donors (Lipinski definition) is 1. The van der Waals surface area contributed by atoms with Crippen LogP contribution in [0.1, 0.15) is 11.1 Å². The van der Waals surface area contributed by atoms with Crippen molar-refractivity contribution in [1.82, 2.24) is 9.38 Å². The molecule has 4 nitrogen and oxygen atoms in total. The van der Waals surface area contributed by atoms with Crippen LogP contribution in [-0.4, -0.2) is 15.3 Å². The normalized spacial score (nSPS) is 13.6. The number of nitrogens with one attached hydrogen (secondary N) is 1. The van der Waals surface area contributed by atoms with E-state index in [0.717, 1.165) is 33.7 Å². The zero-order valence-electron chi connectivity index (χ0n) is 11.1. The van der Waals surface area contributed by atoms with Gasteiger partial charge in [0.2, 0.25) is 5.91 Å². The molecule has 1 aromatic carbocycles. The summed E-state index contributed by atoms with van der Waals surface area (Å²) in [7, 11) is 0. The van der Waals surface area contributed by atoms with Crippen LogP contribution < -0.4 is 5.32 Å². The highest BCUT2D eigenvalue weighted by molar-refractivity contribution is 5.99. The van der Waals surface area contributed by atoms with Gasteiger partial charge >= 0.3 is 0 Å². The fraction of sp³-hybridized carbons (Fsp3) is 0.125. The lowest BCUT2D eigenvalue weighted by Crippen LogP contribution is -2.03. The van der Waals surface area contributed by atoms with Crippen LogP contribution in [0.25, 0.3) is 16.9 Å². The van der Waals surface area contributed by atoms with Crippen LogP contribution in [-0.2, 0) is 11.2 Å². The van der Waals surface area contributed by atoms with E-state index in [2.05, 4.69) is 23.3 Å². The third-order valence-electron chi connectivity index (χ3n) is 3.70. The molecule has 0 fully saturated rings. The number of carbonyl (C=O) groups is 1. The minimum absolute atomic E-state index is 0.0583. The Morgan fingerprint density at radius 2 is 2.20 bits per heavy atom. The van der Waals surface area contributed by atoms with Crippen LogP contribution >= 0.6 is 0 Å². The summed E-state index contributed by atoms with van der Waals surface area (Å²) in [6.07, 6.45) is 4.47. The van der Waals surface area contributed by atoms with E-state index in [1.807, 2.05) is 41.1 Å². The first-order valence-corrected chi connectivity index (χ1v) is 6.58. The van der Waals surface area contributed by atoms with E-state index < -0.39 is 0 Å². The van der Waals surface area contributed by atoms with Crippen molar-refractivity contribution in [1.29, 1.82) is 0 Å². The first-order chi connectivity index (χ1) is 9.70. The Kier molecular flexibility index (Phi) is 2.21. The number of amides is 1. The Bertz CT molecular complexity index is 848. The van der Waals surface area contributed by atoms with E-state index in [1.165, 1.54) is 0 Å². The average Bonchev–Trinajstić information content (AvgIpc) is 3.00. The van der Waals surface area contributed by atoms with Crippen molar-refractivity contribution in [2.45, 2.75) is 13.3 Å². The molecule has 0 radical (unpaired) electrons. The number of pyridine rings is 1. The second kappa shape index (κ2) is 3.93. The van der Waals surface area contributed by atoms with Gasteiger partial charge in [-0.1, -0.05) is 12.1 Å². The average molecular weight is 263 g/mol. The summed E-state index contributed by atoms with van der Waals surface area (Å²) in [4.78, 5) is 16.1. The fourth-order valence-electron chi connectivity index (χ4n) is 2.68. The Balaban J connectivity index is 1.86. The smallest absolute Gasteiger partial charge is 0.228 e. The topological polar surface area (TPSA) is 46.4 Å². The van der Waals surface area contributed by atoms with Crippen LogP contribution in [0, 0.1) is 6.92 Å². The van der Waals surface area contributed by atoms with E-state index in [0.29, 0.717) is 6.42 Å². The van der Waals surface area contributed by atoms with Gasteiger partial charge in [0, 0.05) is 23.6 Å². The molecule has 1 aliphatic rings. The molecular weight excluding hydrogens is 250 g/mol. The highest BCUT2D eigenvalue weighted by Gasteiger charge is 2.18. The lowest BCUT2D eigenvalue weighted by molar-refractivity contribution is -0.115. The molecule has 20 heavy (non-hydrogen) atoms. The number of rotatable bonds is 1. The second-order valence-electron chi connectivity index (χ2n) is 5.15. The monoisotopic (exact) mass is 263 g/mol. The van der Waals surface area contributed by atoms with Crippen LogP contribution in [0.15, 0.2) is 42.7 Å². The lowest BCUT2D eigenvalue weighted by atomic mass is 10.1. The van der Waals surface area contributed by atoms with Gasteiger partial charge in [0.1, 0.15) is 5.65 Å². The molecule has 1 amide bonds. The summed E-state index contributed by atoms with van der Waals surface area (Å²) in [6, 6.07) is 10.1. The SMILES string of the molecule is Cc1cccn2cc(-c3ccc4c(c3)CC(=O)N4)nc12. The van der Waals surface area contributed by atoms with Gasteiger partial charge in [0.15, 0.2) is 0 Å². The summed E-state index contributed by atoms with van der Waals surface area (Å²) in [6.45, 7) is 2.05. The predicted molar refractivity (Wildman–Crippen MR) is 77.7 cm³/mol. The van der Waals surface area contributed by atoms with Crippen molar-refractivity contribution in [3.8, 4) is 11.3 Å². The zero-order valence-corrected chi connectivity index (χ0v) is 11.1. The molecule has 0 saturated heterocycles. The van der Waals surface area contributed by atoms with Gasteiger partial charge in [-0.15, -0.1) is 0 Å². The van der Waals surface area contributed by atoms with Crippen LogP contribution in [0.2, 0.25) is 0 Å². The third-order valence-corrected chi connectivity index (χ3v) is 3.70. The lowest BCUT2D eigenvalue weighted by Gasteiger charge is -2.00. The molecule has 0 aliphatic carbocycles. The molecule has 0 saturated carbocycles. The Hall–Kier alpha value is -2.62. The van der Waals surface area contributed by atoms with Crippen molar-refractivity contribution in [3.63, 3.8) is 0 Å². The van der Waals surface area contributed by atoms with Gasteiger partial charge in [-0.2, -0.15) is 0 Å². The second-order valence-corrected chi connectivity index (χ2v) is 5.15. The van der Waals surface area contributed by atoms with Crippen LogP contribution in [0.3, 0.4) is 0 Å². The molecule has 98 valence electrons. The zero-order chi connectivity index (χ0) is 13.7. The van der Waals surface area contributed by atoms with Crippen molar-refractivity contribution < 1.29 is 4.79 Å². The van der Waals surface area contributed by atoms with E-state index in [9.17, 15) is 4.79 Å². The van der Waals surface area contributed by atoms with Gasteiger partial charge in [-0.3, -0.25) is 4.79 Å². The fourth-order valence-corrected chi connectivity index (χ4v) is 2.68. The summed E-state index contributed by atoms with van der Waals surface area (Å²) in [5.74, 6) is 0.0583. The number of benzene rings is 1. The third kappa shape index (κ3) is 1.61. The minimum Gasteiger partial charge on any atom is -0.326 e. The van der Waals surface area contributed by atoms with Crippen molar-refractivity contribution in [2.75, 3.05) is 5.32 Å². The summed E-state index contributed by atoms with van der Waals surface area (Å²) in [5.41, 5.74) is 6.05. The first-order valence-electron chi connectivity index (χ1n) is 6.58. The molecular formula is C16H13N3O. The molecule has 3 heterocycles. The summed E-state index contributed by atoms with van der Waals surface area (Å²) >= 11 is 0. The van der Waals surface area contributed by atoms with E-state index >= 15 is 0 Å². The van der Waals surface area contributed by atoms with Crippen molar-refractivity contribution in [3.05, 3.63) is 53.9 Å². The molecule has 1 N–H and O–H groups in total. The summed E-state index contributed by atoms with van der Waals surface area (Å²) in [5, 5.41) is 2.85. The maximum atomic E-state index is 11.4. The van der Waals surface area contributed by atoms with Crippen molar-refractivity contribution >= 4 is 17.2 Å². The van der Waals surface area contributed by atoms with Crippen molar-refractivity contribution in [2.24, 2.45) is 0 Å². The van der Waals surface area contributed by atoms with Gasteiger partial charge in [0.25, 0.3) is 0 Å². The molecule has 3 aromatic rings. The number of hydrogen-bond acceptors (Lipinski definition) is 2. The molecule has 4 heteroatoms. The molecule has 0 spiro atoms. The molecule has 0 unspecified atom stereocenters. The molecule has 1 aliphatic heterocycles. The molecule has 0 atom stereocenters.